The fourth-order valence-corrected chi connectivity index (χ4v) is 3.18. The molecule has 2 rings (SSSR count). The highest BCUT2D eigenvalue weighted by atomic mass is 16.3. The molecule has 0 aromatic heterocycles. The Morgan fingerprint density at radius 3 is 2.50 bits per heavy atom. The van der Waals surface area contributed by atoms with Gasteiger partial charge in [0, 0.05) is 24.2 Å². The molecule has 0 unspecified atom stereocenters. The highest BCUT2D eigenvalue weighted by Crippen LogP contribution is 2.36. The Kier molecular flexibility index (Phi) is 6.36. The fraction of sp³-hybridized carbons (Fsp3) is 0.524. The molecule has 24 heavy (non-hydrogen) atoms. The van der Waals surface area contributed by atoms with Gasteiger partial charge in [0.1, 0.15) is 5.76 Å². The lowest BCUT2D eigenvalue weighted by Gasteiger charge is -2.31. The summed E-state index contributed by atoms with van der Waals surface area (Å²) in [5.74, 6) is 0.0725. The number of nitrogens with zero attached hydrogens (tertiary/aromatic N) is 1. The predicted molar refractivity (Wildman–Crippen MR) is 100 cm³/mol. The Labute approximate surface area is 145 Å². The van der Waals surface area contributed by atoms with Gasteiger partial charge < -0.3 is 5.11 Å². The van der Waals surface area contributed by atoms with E-state index in [1.54, 1.807) is 0 Å². The second kappa shape index (κ2) is 8.27. The van der Waals surface area contributed by atoms with Gasteiger partial charge in [0.05, 0.1) is 5.57 Å². The number of hydrogen-bond acceptors (Lipinski definition) is 3. The van der Waals surface area contributed by atoms with Gasteiger partial charge in [-0.25, -0.2) is 0 Å². The standard InChI is InChI=1S/C21H29NO2/c1-4-5-6-10-13-22-17-14-21(2,3)15-18(23)19(17)20(24)16-11-8-7-9-12-16/h7-9,11-12,24H,4-6,10,13-15H2,1-3H3. The molecular weight excluding hydrogens is 298 g/mol. The second-order valence-corrected chi connectivity index (χ2v) is 7.42. The van der Waals surface area contributed by atoms with E-state index in [0.29, 0.717) is 17.6 Å². The zero-order chi connectivity index (χ0) is 17.6. The normalized spacial score (nSPS) is 21.1. The number of aliphatic hydroxyl groups is 1. The lowest BCUT2D eigenvalue weighted by Crippen LogP contribution is -2.32. The molecule has 0 saturated heterocycles. The van der Waals surface area contributed by atoms with Crippen molar-refractivity contribution in [1.29, 1.82) is 0 Å². The molecule has 0 spiro atoms. The van der Waals surface area contributed by atoms with Gasteiger partial charge in [-0.3, -0.25) is 9.79 Å². The van der Waals surface area contributed by atoms with Crippen molar-refractivity contribution in [3.63, 3.8) is 0 Å². The summed E-state index contributed by atoms with van der Waals surface area (Å²) in [7, 11) is 0. The largest absolute Gasteiger partial charge is 0.506 e. The molecule has 3 heteroatoms. The van der Waals surface area contributed by atoms with E-state index in [9.17, 15) is 9.90 Å². The fourth-order valence-electron chi connectivity index (χ4n) is 3.18. The molecule has 1 aromatic rings. The summed E-state index contributed by atoms with van der Waals surface area (Å²) in [5.41, 5.74) is 1.78. The molecule has 1 aromatic carbocycles. The summed E-state index contributed by atoms with van der Waals surface area (Å²) < 4.78 is 0. The number of benzene rings is 1. The first-order valence-corrected chi connectivity index (χ1v) is 9.00. The van der Waals surface area contributed by atoms with E-state index in [-0.39, 0.29) is 17.0 Å². The maximum absolute atomic E-state index is 12.7. The van der Waals surface area contributed by atoms with Crippen molar-refractivity contribution < 1.29 is 9.90 Å². The number of hydrogen-bond donors (Lipinski definition) is 1. The highest BCUT2D eigenvalue weighted by molar-refractivity contribution is 6.28. The third-order valence-corrected chi connectivity index (χ3v) is 4.45. The maximum atomic E-state index is 12.7. The Morgan fingerprint density at radius 1 is 1.12 bits per heavy atom. The van der Waals surface area contributed by atoms with Crippen LogP contribution in [0, 0.1) is 5.41 Å². The zero-order valence-electron chi connectivity index (χ0n) is 15.1. The zero-order valence-corrected chi connectivity index (χ0v) is 15.1. The van der Waals surface area contributed by atoms with Crippen LogP contribution in [0.1, 0.15) is 64.9 Å². The smallest absolute Gasteiger partial charge is 0.168 e. The molecule has 0 aliphatic heterocycles. The van der Waals surface area contributed by atoms with Crippen molar-refractivity contribution >= 4 is 17.3 Å². The number of Topliss-reactive ketones (excluding diaryl/α,β-unsaturated/α-hetero) is 1. The molecule has 1 saturated carbocycles. The molecule has 0 heterocycles. The molecule has 1 N–H and O–H groups in total. The van der Waals surface area contributed by atoms with Gasteiger partial charge >= 0.3 is 0 Å². The first-order valence-electron chi connectivity index (χ1n) is 9.00. The van der Waals surface area contributed by atoms with Crippen LogP contribution in [0.5, 0.6) is 0 Å². The van der Waals surface area contributed by atoms with Gasteiger partial charge in [-0.15, -0.1) is 0 Å². The molecule has 0 atom stereocenters. The van der Waals surface area contributed by atoms with E-state index >= 15 is 0 Å². The van der Waals surface area contributed by atoms with Crippen LogP contribution in [0.2, 0.25) is 0 Å². The number of allylic oxidation sites excluding steroid dienone is 1. The number of aliphatic imine (C=N–C) groups is 1. The summed E-state index contributed by atoms with van der Waals surface area (Å²) in [4.78, 5) is 17.4. The van der Waals surface area contributed by atoms with Gasteiger partial charge in [-0.1, -0.05) is 70.4 Å². The maximum Gasteiger partial charge on any atom is 0.168 e. The van der Waals surface area contributed by atoms with Gasteiger partial charge in [0.25, 0.3) is 0 Å². The van der Waals surface area contributed by atoms with Crippen LogP contribution in [0.4, 0.5) is 0 Å². The highest BCUT2D eigenvalue weighted by Gasteiger charge is 2.36. The third kappa shape index (κ3) is 4.80. The van der Waals surface area contributed by atoms with Gasteiger partial charge in [-0.2, -0.15) is 0 Å². The first kappa shape index (κ1) is 18.4. The number of rotatable bonds is 6. The van der Waals surface area contributed by atoms with E-state index in [0.717, 1.165) is 31.5 Å². The number of ketones is 1. The first-order chi connectivity index (χ1) is 11.4. The molecule has 1 fully saturated rings. The number of carbonyl (C=O) groups excluding carboxylic acids is 1. The van der Waals surface area contributed by atoms with Crippen molar-refractivity contribution in [3.05, 3.63) is 41.5 Å². The molecular formula is C21H29NO2. The van der Waals surface area contributed by atoms with Crippen LogP contribution >= 0.6 is 0 Å². The van der Waals surface area contributed by atoms with Crippen molar-refractivity contribution in [2.75, 3.05) is 6.54 Å². The lowest BCUT2D eigenvalue weighted by molar-refractivity contribution is -0.117. The molecule has 1 aliphatic carbocycles. The Hall–Kier alpha value is -1.90. The van der Waals surface area contributed by atoms with Crippen LogP contribution in [0.3, 0.4) is 0 Å². The monoisotopic (exact) mass is 327 g/mol. The van der Waals surface area contributed by atoms with E-state index < -0.39 is 0 Å². The van der Waals surface area contributed by atoms with Gasteiger partial charge in [-0.05, 0) is 18.3 Å². The molecule has 1 aliphatic rings. The summed E-state index contributed by atoms with van der Waals surface area (Å²) in [6.45, 7) is 7.10. The quantitative estimate of drug-likeness (QED) is 0.434. The van der Waals surface area contributed by atoms with Gasteiger partial charge in [0.15, 0.2) is 5.78 Å². The Balaban J connectivity index is 2.30. The summed E-state index contributed by atoms with van der Waals surface area (Å²) >= 11 is 0. The minimum Gasteiger partial charge on any atom is -0.506 e. The van der Waals surface area contributed by atoms with Crippen molar-refractivity contribution in [3.8, 4) is 0 Å². The number of carbonyl (C=O) groups is 1. The van der Waals surface area contributed by atoms with Crippen LogP contribution < -0.4 is 0 Å². The van der Waals surface area contributed by atoms with Crippen molar-refractivity contribution in [2.45, 2.75) is 59.3 Å². The minimum atomic E-state index is -0.0974. The molecule has 0 bridgehead atoms. The van der Waals surface area contributed by atoms with E-state index in [1.165, 1.54) is 12.8 Å². The van der Waals surface area contributed by atoms with Crippen molar-refractivity contribution in [1.82, 2.24) is 0 Å². The van der Waals surface area contributed by atoms with E-state index in [1.807, 2.05) is 30.3 Å². The summed E-state index contributed by atoms with van der Waals surface area (Å²) in [6.07, 6.45) is 5.79. The minimum absolute atomic E-state index is 0.0000822. The van der Waals surface area contributed by atoms with E-state index in [4.69, 9.17) is 4.99 Å². The van der Waals surface area contributed by atoms with Crippen LogP contribution in [0.15, 0.2) is 40.9 Å². The number of unbranched alkanes of at least 4 members (excludes halogenated alkanes) is 3. The Bertz CT molecular complexity index is 626. The topological polar surface area (TPSA) is 49.7 Å². The predicted octanol–water partition coefficient (Wildman–Crippen LogP) is 5.37. The third-order valence-electron chi connectivity index (χ3n) is 4.45. The van der Waals surface area contributed by atoms with Crippen LogP contribution in [-0.4, -0.2) is 23.1 Å². The average Bonchev–Trinajstić information content (AvgIpc) is 2.53. The van der Waals surface area contributed by atoms with Crippen LogP contribution in [0.25, 0.3) is 5.76 Å². The molecule has 3 nitrogen and oxygen atoms in total. The second-order valence-electron chi connectivity index (χ2n) is 7.42. The van der Waals surface area contributed by atoms with Gasteiger partial charge in [0.2, 0.25) is 0 Å². The number of aliphatic hydroxyl groups excluding tert-OH is 1. The lowest BCUT2D eigenvalue weighted by atomic mass is 9.73. The average molecular weight is 327 g/mol. The Morgan fingerprint density at radius 2 is 1.83 bits per heavy atom. The molecule has 0 amide bonds. The van der Waals surface area contributed by atoms with Crippen LogP contribution in [-0.2, 0) is 4.79 Å². The van der Waals surface area contributed by atoms with E-state index in [2.05, 4.69) is 20.8 Å². The molecule has 0 radical (unpaired) electrons. The SMILES string of the molecule is CCCCCCN=C1CC(C)(C)CC(=O)C1=C(O)c1ccccc1. The summed E-state index contributed by atoms with van der Waals surface area (Å²) in [5, 5.41) is 10.7. The molecule has 130 valence electrons. The van der Waals surface area contributed by atoms with Crippen molar-refractivity contribution in [2.24, 2.45) is 10.4 Å². The summed E-state index contributed by atoms with van der Waals surface area (Å²) in [6, 6.07) is 9.29.